The lowest BCUT2D eigenvalue weighted by atomic mass is 10.0. The van der Waals surface area contributed by atoms with Gasteiger partial charge in [-0.3, -0.25) is 0 Å². The van der Waals surface area contributed by atoms with E-state index in [1.807, 2.05) is 30.3 Å². The summed E-state index contributed by atoms with van der Waals surface area (Å²) in [6, 6.07) is 45.9. The van der Waals surface area contributed by atoms with E-state index in [1.54, 1.807) is 0 Å². The Labute approximate surface area is 371 Å². The van der Waals surface area contributed by atoms with Gasteiger partial charge in [0.15, 0.2) is 11.5 Å². The van der Waals surface area contributed by atoms with Gasteiger partial charge in [0.2, 0.25) is 0 Å². The summed E-state index contributed by atoms with van der Waals surface area (Å²) in [6.45, 7) is 4.35. The van der Waals surface area contributed by atoms with E-state index in [4.69, 9.17) is 38.4 Å². The van der Waals surface area contributed by atoms with Crippen molar-refractivity contribution in [2.45, 2.75) is 0 Å². The van der Waals surface area contributed by atoms with Crippen LogP contribution in [0.5, 0.6) is 11.5 Å². The highest BCUT2D eigenvalue weighted by molar-refractivity contribution is 6.00. The molecule has 8 bridgehead atoms. The maximum atomic E-state index is 6.43. The molecule has 10 heteroatoms. The molecular formula is C54H48N4O6. The molecule has 6 heterocycles. The first-order valence-electron chi connectivity index (χ1n) is 21.8. The molecule has 0 saturated carbocycles. The first kappa shape index (κ1) is 41.0. The zero-order valence-electron chi connectivity index (χ0n) is 35.4. The summed E-state index contributed by atoms with van der Waals surface area (Å²) in [4.78, 5) is 18.5. The number of hydrogen-bond acceptors (Lipinski definition) is 8. The molecule has 0 aliphatic carbocycles. The second-order valence-corrected chi connectivity index (χ2v) is 15.4. The van der Waals surface area contributed by atoms with Crippen LogP contribution < -0.4 is 9.47 Å². The van der Waals surface area contributed by atoms with Gasteiger partial charge in [-0.05, 0) is 83.0 Å². The van der Waals surface area contributed by atoms with Crippen LogP contribution >= 0.6 is 0 Å². The Bertz CT molecular complexity index is 2920. The van der Waals surface area contributed by atoms with E-state index in [9.17, 15) is 0 Å². The van der Waals surface area contributed by atoms with E-state index < -0.39 is 0 Å². The van der Waals surface area contributed by atoms with Crippen molar-refractivity contribution in [1.29, 1.82) is 0 Å². The number of aromatic nitrogens is 4. The highest BCUT2D eigenvalue weighted by atomic mass is 16.6. The summed E-state index contributed by atoms with van der Waals surface area (Å²) in [7, 11) is 0. The molecule has 0 radical (unpaired) electrons. The van der Waals surface area contributed by atoms with Crippen LogP contribution in [0.25, 0.3) is 90.9 Å². The van der Waals surface area contributed by atoms with Crippen LogP contribution in [0.2, 0.25) is 0 Å². The zero-order valence-corrected chi connectivity index (χ0v) is 35.4. The lowest BCUT2D eigenvalue weighted by molar-refractivity contribution is -0.00841. The van der Waals surface area contributed by atoms with E-state index in [2.05, 4.69) is 137 Å². The maximum Gasteiger partial charge on any atom is 0.161 e. The molecule has 0 unspecified atom stereocenters. The fourth-order valence-corrected chi connectivity index (χ4v) is 8.31. The Kier molecular flexibility index (Phi) is 12.5. The van der Waals surface area contributed by atoms with Gasteiger partial charge in [0.05, 0.1) is 75.6 Å². The topological polar surface area (TPSA) is 113 Å². The molecular weight excluding hydrogens is 801 g/mol. The number of nitrogens with one attached hydrogen (secondary N) is 2. The molecule has 2 N–H and O–H groups in total. The molecule has 0 atom stereocenters. The molecule has 0 spiro atoms. The molecule has 320 valence electrons. The third kappa shape index (κ3) is 9.04. The molecule has 0 fully saturated rings. The van der Waals surface area contributed by atoms with Gasteiger partial charge in [0.25, 0.3) is 0 Å². The summed E-state index contributed by atoms with van der Waals surface area (Å²) in [6.07, 6.45) is 8.44. The number of benzene rings is 4. The van der Waals surface area contributed by atoms with Gasteiger partial charge in [-0.15, -0.1) is 0 Å². The van der Waals surface area contributed by atoms with Crippen molar-refractivity contribution in [3.05, 3.63) is 156 Å². The third-order valence-electron chi connectivity index (χ3n) is 11.3. The van der Waals surface area contributed by atoms with E-state index in [0.29, 0.717) is 77.6 Å². The minimum atomic E-state index is 0.321. The van der Waals surface area contributed by atoms with Crippen LogP contribution in [0.4, 0.5) is 0 Å². The number of nitrogens with zero attached hydrogens (tertiary/aromatic N) is 2. The van der Waals surface area contributed by atoms with Crippen LogP contribution in [-0.2, 0) is 18.9 Å². The van der Waals surface area contributed by atoms with Gasteiger partial charge in [0.1, 0.15) is 13.2 Å². The van der Waals surface area contributed by atoms with E-state index >= 15 is 0 Å². The van der Waals surface area contributed by atoms with Gasteiger partial charge < -0.3 is 38.4 Å². The lowest BCUT2D eigenvalue weighted by Gasteiger charge is -2.15. The summed E-state index contributed by atoms with van der Waals surface area (Å²) < 4.78 is 35.6. The SMILES string of the molecule is C1=Cc2nc1c(-c1ccccc1)c1ccc([nH]1)c(-c1ccccc1)c1nc(c(-c3ccc4c(c3)OCCOCCOCCOCCOCCO4)c3ccc([nH]3)c2-c2ccccc2)C=C1. The first-order chi connectivity index (χ1) is 31.8. The van der Waals surface area contributed by atoms with Gasteiger partial charge in [-0.25, -0.2) is 9.97 Å². The van der Waals surface area contributed by atoms with Crippen LogP contribution in [0.15, 0.2) is 133 Å². The number of H-pyrrole nitrogens is 2. The lowest BCUT2D eigenvalue weighted by Crippen LogP contribution is -2.16. The number of rotatable bonds is 4. The smallest absolute Gasteiger partial charge is 0.161 e. The normalized spacial score (nSPS) is 15.1. The van der Waals surface area contributed by atoms with Crippen molar-refractivity contribution in [2.75, 3.05) is 66.1 Å². The highest BCUT2D eigenvalue weighted by Gasteiger charge is 2.20. The molecule has 64 heavy (non-hydrogen) atoms. The van der Waals surface area contributed by atoms with Crippen molar-refractivity contribution < 1.29 is 28.4 Å². The highest BCUT2D eigenvalue weighted by Crippen LogP contribution is 2.40. The maximum absolute atomic E-state index is 6.43. The molecule has 0 saturated heterocycles. The Morgan fingerprint density at radius 3 is 1.02 bits per heavy atom. The minimum absolute atomic E-state index is 0.321. The molecule has 10 nitrogen and oxygen atoms in total. The van der Waals surface area contributed by atoms with Crippen molar-refractivity contribution in [1.82, 2.24) is 19.9 Å². The minimum Gasteiger partial charge on any atom is -0.487 e. The van der Waals surface area contributed by atoms with Crippen molar-refractivity contribution in [3.63, 3.8) is 0 Å². The van der Waals surface area contributed by atoms with Gasteiger partial charge in [0, 0.05) is 44.3 Å². The monoisotopic (exact) mass is 848 g/mol. The Balaban J connectivity index is 1.20. The number of aromatic amines is 2. The molecule has 10 rings (SSSR count). The molecule has 4 aromatic carbocycles. The van der Waals surface area contributed by atoms with Crippen LogP contribution in [-0.4, -0.2) is 86.0 Å². The van der Waals surface area contributed by atoms with Crippen LogP contribution in [0.3, 0.4) is 0 Å². The zero-order chi connectivity index (χ0) is 42.9. The fourth-order valence-electron chi connectivity index (χ4n) is 8.31. The Morgan fingerprint density at radius 2 is 0.641 bits per heavy atom. The second kappa shape index (κ2) is 19.5. The fraction of sp³-hybridized carbons (Fsp3) is 0.185. The van der Waals surface area contributed by atoms with E-state index in [0.717, 1.165) is 89.4 Å². The summed E-state index contributed by atoms with van der Waals surface area (Å²) in [5, 5.41) is 0. The van der Waals surface area contributed by atoms with Crippen molar-refractivity contribution in [3.8, 4) is 56.0 Å². The van der Waals surface area contributed by atoms with Gasteiger partial charge in [-0.1, -0.05) is 97.1 Å². The molecule has 0 amide bonds. The quantitative estimate of drug-likeness (QED) is 0.180. The summed E-state index contributed by atoms with van der Waals surface area (Å²) in [5.74, 6) is 1.20. The second-order valence-electron chi connectivity index (χ2n) is 15.4. The third-order valence-corrected chi connectivity index (χ3v) is 11.3. The van der Waals surface area contributed by atoms with Crippen LogP contribution in [0.1, 0.15) is 22.8 Å². The number of ether oxygens (including phenoxy) is 6. The Hall–Kier alpha value is -7.08. The first-order valence-corrected chi connectivity index (χ1v) is 21.8. The molecule has 3 aliphatic heterocycles. The van der Waals surface area contributed by atoms with Crippen molar-refractivity contribution >= 4 is 46.4 Å². The predicted molar refractivity (Wildman–Crippen MR) is 255 cm³/mol. The van der Waals surface area contributed by atoms with E-state index in [1.165, 1.54) is 0 Å². The summed E-state index contributed by atoms with van der Waals surface area (Å²) >= 11 is 0. The molecule has 3 aliphatic rings. The number of fused-ring (bicyclic) bond motifs is 9. The number of hydrogen-bond donors (Lipinski definition) is 2. The summed E-state index contributed by atoms with van der Waals surface area (Å²) in [5.41, 5.74) is 15.0. The van der Waals surface area contributed by atoms with Gasteiger partial charge >= 0.3 is 0 Å². The van der Waals surface area contributed by atoms with Crippen LogP contribution in [0, 0.1) is 0 Å². The molecule has 7 aromatic rings. The standard InChI is InChI=1S/C54H48N4O6/c1-4-10-37(11-5-1)51-41-17-19-43(55-41)52(38-12-6-2-7-13-38)45-21-23-47(57-45)54(48-24-22-46(58-48)53(39-14-8-3-9-15-39)44-20-18-42(51)56-44)40-16-25-49-50(36-40)64-35-33-62-31-29-60-27-26-59-28-30-61-32-34-63-49/h1-25,36,55,58H,26-35H2. The largest absolute Gasteiger partial charge is 0.487 e. The van der Waals surface area contributed by atoms with Gasteiger partial charge in [-0.2, -0.15) is 0 Å². The van der Waals surface area contributed by atoms with E-state index in [-0.39, 0.29) is 0 Å². The average molecular weight is 849 g/mol. The Morgan fingerprint density at radius 1 is 0.312 bits per heavy atom. The molecule has 3 aromatic heterocycles. The predicted octanol–water partition coefficient (Wildman–Crippen LogP) is 11.2. The average Bonchev–Trinajstić information content (AvgIpc) is 4.19. The van der Waals surface area contributed by atoms with Crippen molar-refractivity contribution in [2.24, 2.45) is 0 Å².